The molecule has 0 aliphatic rings. The molecule has 0 fully saturated rings. The lowest BCUT2D eigenvalue weighted by molar-refractivity contribution is -0.116. The van der Waals surface area contributed by atoms with Gasteiger partial charge in [0.25, 0.3) is 0 Å². The molecule has 1 aromatic carbocycles. The Morgan fingerprint density at radius 2 is 2.14 bits per heavy atom. The highest BCUT2D eigenvalue weighted by molar-refractivity contribution is 7.14. The number of hydrogen-bond donors (Lipinski definition) is 2. The zero-order valence-electron chi connectivity index (χ0n) is 12.3. The number of aromatic nitrogens is 1. The number of anilines is 1. The van der Waals surface area contributed by atoms with Crippen LogP contribution in [0.25, 0.3) is 11.3 Å². The van der Waals surface area contributed by atoms with E-state index in [4.69, 9.17) is 15.2 Å². The van der Waals surface area contributed by atoms with Gasteiger partial charge in [-0.25, -0.2) is 4.98 Å². The van der Waals surface area contributed by atoms with Crippen molar-refractivity contribution in [2.45, 2.75) is 6.42 Å². The standard InChI is InChI=1S/C14H17N3O3S.ClH/c1-19-9-3-4-12(20-2)10(7-9)11-8-21-14(16-11)17-13(18)5-6-15;/h3-4,7-8H,5-6,15H2,1-2H3,(H,16,17,18);1H. The summed E-state index contributed by atoms with van der Waals surface area (Å²) in [6, 6.07) is 5.48. The maximum Gasteiger partial charge on any atom is 0.227 e. The van der Waals surface area contributed by atoms with Crippen molar-refractivity contribution < 1.29 is 14.3 Å². The van der Waals surface area contributed by atoms with Gasteiger partial charge in [-0.15, -0.1) is 23.7 Å². The third kappa shape index (κ3) is 4.33. The van der Waals surface area contributed by atoms with E-state index in [0.717, 1.165) is 11.3 Å². The quantitative estimate of drug-likeness (QED) is 0.841. The van der Waals surface area contributed by atoms with Crippen LogP contribution >= 0.6 is 23.7 Å². The predicted molar refractivity (Wildman–Crippen MR) is 90.2 cm³/mol. The number of rotatable bonds is 6. The molecule has 2 aromatic rings. The first-order valence-electron chi connectivity index (χ1n) is 6.35. The highest BCUT2D eigenvalue weighted by Gasteiger charge is 2.12. The molecule has 8 heteroatoms. The number of nitrogens with two attached hydrogens (primary N) is 1. The van der Waals surface area contributed by atoms with Crippen LogP contribution in [0.2, 0.25) is 0 Å². The van der Waals surface area contributed by atoms with Gasteiger partial charge in [-0.3, -0.25) is 4.79 Å². The molecular formula is C14H18ClN3O3S. The van der Waals surface area contributed by atoms with Crippen LogP contribution in [0.1, 0.15) is 6.42 Å². The van der Waals surface area contributed by atoms with Crippen molar-refractivity contribution in [3.63, 3.8) is 0 Å². The molecule has 1 heterocycles. The van der Waals surface area contributed by atoms with Crippen LogP contribution in [0.15, 0.2) is 23.6 Å². The Labute approximate surface area is 139 Å². The Morgan fingerprint density at radius 1 is 1.36 bits per heavy atom. The number of methoxy groups -OCH3 is 2. The second kappa shape index (κ2) is 8.57. The lowest BCUT2D eigenvalue weighted by atomic mass is 10.1. The summed E-state index contributed by atoms with van der Waals surface area (Å²) in [7, 11) is 3.20. The van der Waals surface area contributed by atoms with Crippen molar-refractivity contribution >= 4 is 34.8 Å². The van der Waals surface area contributed by atoms with Gasteiger partial charge in [0.15, 0.2) is 5.13 Å². The number of halogens is 1. The number of nitrogens with zero attached hydrogens (tertiary/aromatic N) is 1. The van der Waals surface area contributed by atoms with Crippen LogP contribution in [0.4, 0.5) is 5.13 Å². The number of ether oxygens (including phenoxy) is 2. The van der Waals surface area contributed by atoms with E-state index in [1.807, 2.05) is 23.6 Å². The monoisotopic (exact) mass is 343 g/mol. The molecular weight excluding hydrogens is 326 g/mol. The SMILES string of the molecule is COc1ccc(OC)c(-c2csc(NC(=O)CCN)n2)c1.Cl. The molecule has 120 valence electrons. The minimum absolute atomic E-state index is 0. The number of nitrogens with one attached hydrogen (secondary N) is 1. The number of benzene rings is 1. The Bertz CT molecular complexity index is 634. The van der Waals surface area contributed by atoms with Crippen LogP contribution in [0.5, 0.6) is 11.5 Å². The zero-order valence-corrected chi connectivity index (χ0v) is 13.9. The molecule has 1 aromatic heterocycles. The molecule has 0 saturated heterocycles. The first-order valence-corrected chi connectivity index (χ1v) is 7.23. The molecule has 0 aliphatic heterocycles. The summed E-state index contributed by atoms with van der Waals surface area (Å²) in [6.45, 7) is 0.313. The van der Waals surface area contributed by atoms with E-state index in [9.17, 15) is 4.79 Å². The smallest absolute Gasteiger partial charge is 0.227 e. The summed E-state index contributed by atoms with van der Waals surface area (Å²) >= 11 is 1.35. The van der Waals surface area contributed by atoms with E-state index in [1.165, 1.54) is 11.3 Å². The second-order valence-corrected chi connectivity index (χ2v) is 5.05. The van der Waals surface area contributed by atoms with Crippen LogP contribution in [0.3, 0.4) is 0 Å². The zero-order chi connectivity index (χ0) is 15.2. The second-order valence-electron chi connectivity index (χ2n) is 4.19. The third-order valence-electron chi connectivity index (χ3n) is 2.80. The van der Waals surface area contributed by atoms with Gasteiger partial charge >= 0.3 is 0 Å². The molecule has 0 spiro atoms. The fourth-order valence-electron chi connectivity index (χ4n) is 1.78. The van der Waals surface area contributed by atoms with Gasteiger partial charge in [-0.1, -0.05) is 0 Å². The largest absolute Gasteiger partial charge is 0.497 e. The summed E-state index contributed by atoms with van der Waals surface area (Å²) in [5.74, 6) is 1.27. The highest BCUT2D eigenvalue weighted by Crippen LogP contribution is 2.34. The normalized spacial score (nSPS) is 9.77. The van der Waals surface area contributed by atoms with Gasteiger partial charge in [0.1, 0.15) is 11.5 Å². The van der Waals surface area contributed by atoms with Crippen molar-refractivity contribution in [1.82, 2.24) is 4.98 Å². The van der Waals surface area contributed by atoms with E-state index in [2.05, 4.69) is 10.3 Å². The number of carbonyl (C=O) groups is 1. The maximum absolute atomic E-state index is 11.5. The van der Waals surface area contributed by atoms with Crippen molar-refractivity contribution in [2.24, 2.45) is 5.73 Å². The minimum Gasteiger partial charge on any atom is -0.497 e. The molecule has 0 aliphatic carbocycles. The molecule has 2 rings (SSSR count). The summed E-state index contributed by atoms with van der Waals surface area (Å²) < 4.78 is 10.5. The van der Waals surface area contributed by atoms with E-state index in [1.54, 1.807) is 14.2 Å². The maximum atomic E-state index is 11.5. The lowest BCUT2D eigenvalue weighted by Crippen LogP contribution is -2.15. The highest BCUT2D eigenvalue weighted by atomic mass is 35.5. The van der Waals surface area contributed by atoms with E-state index in [0.29, 0.717) is 23.2 Å². The summed E-state index contributed by atoms with van der Waals surface area (Å²) in [6.07, 6.45) is 0.275. The van der Waals surface area contributed by atoms with Crippen LogP contribution in [0, 0.1) is 0 Å². The van der Waals surface area contributed by atoms with Crippen LogP contribution in [-0.4, -0.2) is 31.7 Å². The van der Waals surface area contributed by atoms with Crippen molar-refractivity contribution in [2.75, 3.05) is 26.1 Å². The first kappa shape index (κ1) is 18.2. The average molecular weight is 344 g/mol. The molecule has 0 unspecified atom stereocenters. The van der Waals surface area contributed by atoms with Gasteiger partial charge in [0, 0.05) is 23.9 Å². The van der Waals surface area contributed by atoms with Crippen molar-refractivity contribution in [3.05, 3.63) is 23.6 Å². The molecule has 1 amide bonds. The Hall–Kier alpha value is -1.83. The molecule has 22 heavy (non-hydrogen) atoms. The topological polar surface area (TPSA) is 86.5 Å². The van der Waals surface area contributed by atoms with Gasteiger partial charge < -0.3 is 20.5 Å². The van der Waals surface area contributed by atoms with Gasteiger partial charge in [0.05, 0.1) is 19.9 Å². The lowest BCUT2D eigenvalue weighted by Gasteiger charge is -2.08. The third-order valence-corrected chi connectivity index (χ3v) is 3.56. The van der Waals surface area contributed by atoms with Crippen LogP contribution in [-0.2, 0) is 4.79 Å². The fraction of sp³-hybridized carbons (Fsp3) is 0.286. The number of hydrogen-bond acceptors (Lipinski definition) is 6. The average Bonchev–Trinajstić information content (AvgIpc) is 2.95. The number of thiazole rings is 1. The Kier molecular flexibility index (Phi) is 7.10. The number of carbonyl (C=O) groups excluding carboxylic acids is 1. The fourth-order valence-corrected chi connectivity index (χ4v) is 2.51. The minimum atomic E-state index is -0.143. The van der Waals surface area contributed by atoms with Crippen molar-refractivity contribution in [3.8, 4) is 22.8 Å². The molecule has 0 radical (unpaired) electrons. The number of amides is 1. The molecule has 3 N–H and O–H groups in total. The van der Waals surface area contributed by atoms with Gasteiger partial charge in [-0.05, 0) is 18.2 Å². The van der Waals surface area contributed by atoms with Crippen LogP contribution < -0.4 is 20.5 Å². The molecule has 0 bridgehead atoms. The summed E-state index contributed by atoms with van der Waals surface area (Å²) in [5, 5.41) is 5.11. The Morgan fingerprint density at radius 3 is 2.77 bits per heavy atom. The van der Waals surface area contributed by atoms with E-state index >= 15 is 0 Å². The predicted octanol–water partition coefficient (Wildman–Crippen LogP) is 2.54. The van der Waals surface area contributed by atoms with Gasteiger partial charge in [0.2, 0.25) is 5.91 Å². The van der Waals surface area contributed by atoms with E-state index in [-0.39, 0.29) is 24.7 Å². The molecule has 0 atom stereocenters. The van der Waals surface area contributed by atoms with Crippen molar-refractivity contribution in [1.29, 1.82) is 0 Å². The van der Waals surface area contributed by atoms with Gasteiger partial charge in [-0.2, -0.15) is 0 Å². The molecule has 0 saturated carbocycles. The Balaban J connectivity index is 0.00000242. The first-order chi connectivity index (χ1) is 10.2. The molecule has 6 nitrogen and oxygen atoms in total. The summed E-state index contributed by atoms with van der Waals surface area (Å²) in [4.78, 5) is 15.9. The summed E-state index contributed by atoms with van der Waals surface area (Å²) in [5.41, 5.74) is 6.87. The van der Waals surface area contributed by atoms with E-state index < -0.39 is 0 Å².